The SMILES string of the molecule is CC(C)(C)NC(=O)Cn1c(=O)oc2ccc(N)cc21. The number of nitrogens with two attached hydrogens (primary N) is 1. The summed E-state index contributed by atoms with van der Waals surface area (Å²) in [7, 11) is 0. The first-order valence-electron chi connectivity index (χ1n) is 5.96. The molecule has 2 aromatic rings. The highest BCUT2D eigenvalue weighted by molar-refractivity contribution is 5.81. The first-order chi connectivity index (χ1) is 8.76. The lowest BCUT2D eigenvalue weighted by molar-refractivity contribution is -0.123. The molecule has 0 atom stereocenters. The summed E-state index contributed by atoms with van der Waals surface area (Å²) in [5.74, 6) is -0.815. The lowest BCUT2D eigenvalue weighted by Crippen LogP contribution is -2.43. The van der Waals surface area contributed by atoms with Gasteiger partial charge in [-0.05, 0) is 39.0 Å². The zero-order chi connectivity index (χ0) is 14.2. The van der Waals surface area contributed by atoms with E-state index in [1.54, 1.807) is 18.2 Å². The molecular formula is C13H17N3O3. The van der Waals surface area contributed by atoms with Crippen molar-refractivity contribution in [3.63, 3.8) is 0 Å². The number of rotatable bonds is 2. The Morgan fingerprint density at radius 1 is 1.42 bits per heavy atom. The van der Waals surface area contributed by atoms with Crippen LogP contribution < -0.4 is 16.8 Å². The number of nitrogens with zero attached hydrogens (tertiary/aromatic N) is 1. The van der Waals surface area contributed by atoms with Gasteiger partial charge in [-0.25, -0.2) is 4.79 Å². The van der Waals surface area contributed by atoms with Crippen LogP contribution in [0.25, 0.3) is 11.1 Å². The van der Waals surface area contributed by atoms with Gasteiger partial charge in [-0.1, -0.05) is 0 Å². The van der Waals surface area contributed by atoms with Gasteiger partial charge in [0.1, 0.15) is 6.54 Å². The molecule has 6 heteroatoms. The zero-order valence-corrected chi connectivity index (χ0v) is 11.2. The maximum atomic E-state index is 11.9. The maximum absolute atomic E-state index is 11.9. The molecule has 1 heterocycles. The van der Waals surface area contributed by atoms with Gasteiger partial charge in [0.25, 0.3) is 0 Å². The second kappa shape index (κ2) is 4.46. The lowest BCUT2D eigenvalue weighted by atomic mass is 10.1. The molecule has 2 rings (SSSR count). The van der Waals surface area contributed by atoms with Gasteiger partial charge in [0.15, 0.2) is 5.58 Å². The summed E-state index contributed by atoms with van der Waals surface area (Å²) < 4.78 is 6.33. The van der Waals surface area contributed by atoms with Crippen LogP contribution in [0.5, 0.6) is 0 Å². The van der Waals surface area contributed by atoms with Crippen molar-refractivity contribution >= 4 is 22.7 Å². The molecule has 0 saturated carbocycles. The minimum Gasteiger partial charge on any atom is -0.408 e. The molecular weight excluding hydrogens is 246 g/mol. The predicted octanol–water partition coefficient (Wildman–Crippen LogP) is 1.09. The van der Waals surface area contributed by atoms with E-state index in [9.17, 15) is 9.59 Å². The Bertz CT molecular complexity index is 676. The van der Waals surface area contributed by atoms with Crippen LogP contribution >= 0.6 is 0 Å². The fourth-order valence-electron chi connectivity index (χ4n) is 1.83. The van der Waals surface area contributed by atoms with Crippen LogP contribution in [0.15, 0.2) is 27.4 Å². The van der Waals surface area contributed by atoms with Crippen molar-refractivity contribution in [2.24, 2.45) is 0 Å². The fourth-order valence-corrected chi connectivity index (χ4v) is 1.83. The Kier molecular flexibility index (Phi) is 3.09. The van der Waals surface area contributed by atoms with E-state index in [1.807, 2.05) is 20.8 Å². The topological polar surface area (TPSA) is 90.3 Å². The Morgan fingerprint density at radius 2 is 2.11 bits per heavy atom. The Labute approximate surface area is 110 Å². The summed E-state index contributed by atoms with van der Waals surface area (Å²) in [4.78, 5) is 23.6. The first-order valence-corrected chi connectivity index (χ1v) is 5.96. The van der Waals surface area contributed by atoms with Crippen molar-refractivity contribution < 1.29 is 9.21 Å². The van der Waals surface area contributed by atoms with E-state index < -0.39 is 5.76 Å². The molecule has 1 aromatic heterocycles. The lowest BCUT2D eigenvalue weighted by Gasteiger charge is -2.20. The first kappa shape index (κ1) is 13.2. The van der Waals surface area contributed by atoms with Crippen LogP contribution in [0.3, 0.4) is 0 Å². The molecule has 1 amide bonds. The third-order valence-corrected chi connectivity index (χ3v) is 2.51. The van der Waals surface area contributed by atoms with Crippen molar-refractivity contribution in [1.82, 2.24) is 9.88 Å². The number of benzene rings is 1. The Hall–Kier alpha value is -2.24. The minimum atomic E-state index is -0.565. The number of anilines is 1. The predicted molar refractivity (Wildman–Crippen MR) is 72.8 cm³/mol. The number of carbonyl (C=O) groups is 1. The molecule has 19 heavy (non-hydrogen) atoms. The number of hydrogen-bond donors (Lipinski definition) is 2. The number of hydrogen-bond acceptors (Lipinski definition) is 4. The van der Waals surface area contributed by atoms with Gasteiger partial charge in [0.2, 0.25) is 5.91 Å². The second-order valence-electron chi connectivity index (χ2n) is 5.48. The monoisotopic (exact) mass is 263 g/mol. The number of oxazole rings is 1. The van der Waals surface area contributed by atoms with Crippen molar-refractivity contribution in [3.05, 3.63) is 28.7 Å². The van der Waals surface area contributed by atoms with E-state index in [0.29, 0.717) is 16.8 Å². The van der Waals surface area contributed by atoms with Crippen molar-refractivity contribution in [2.45, 2.75) is 32.9 Å². The summed E-state index contributed by atoms with van der Waals surface area (Å²) in [5, 5.41) is 2.79. The van der Waals surface area contributed by atoms with Gasteiger partial charge in [0, 0.05) is 11.2 Å². The summed E-state index contributed by atoms with van der Waals surface area (Å²) in [5.41, 5.74) is 6.78. The fraction of sp³-hybridized carbons (Fsp3) is 0.385. The number of carbonyl (C=O) groups excluding carboxylic acids is 1. The van der Waals surface area contributed by atoms with Gasteiger partial charge < -0.3 is 15.5 Å². The molecule has 3 N–H and O–H groups in total. The molecule has 6 nitrogen and oxygen atoms in total. The van der Waals surface area contributed by atoms with E-state index in [0.717, 1.165) is 0 Å². The smallest absolute Gasteiger partial charge is 0.408 e. The standard InChI is InChI=1S/C13H17N3O3/c1-13(2,3)15-11(17)7-16-9-6-8(14)4-5-10(9)19-12(16)18/h4-6H,7,14H2,1-3H3,(H,15,17). The van der Waals surface area contributed by atoms with Crippen LogP contribution in [0.4, 0.5) is 5.69 Å². The van der Waals surface area contributed by atoms with Gasteiger partial charge in [-0.15, -0.1) is 0 Å². The minimum absolute atomic E-state index is 0.0907. The summed E-state index contributed by atoms with van der Waals surface area (Å²) >= 11 is 0. The molecule has 0 aliphatic carbocycles. The highest BCUT2D eigenvalue weighted by Gasteiger charge is 2.17. The third kappa shape index (κ3) is 2.96. The normalized spacial score (nSPS) is 11.7. The average molecular weight is 263 g/mol. The summed E-state index contributed by atoms with van der Waals surface area (Å²) in [6.07, 6.45) is 0. The zero-order valence-electron chi connectivity index (χ0n) is 11.2. The summed E-state index contributed by atoms with van der Waals surface area (Å²) in [6.45, 7) is 5.53. The molecule has 0 unspecified atom stereocenters. The molecule has 0 fully saturated rings. The molecule has 1 aromatic carbocycles. The molecule has 0 bridgehead atoms. The van der Waals surface area contributed by atoms with Gasteiger partial charge in [0.05, 0.1) is 5.52 Å². The third-order valence-electron chi connectivity index (χ3n) is 2.51. The van der Waals surface area contributed by atoms with Crippen molar-refractivity contribution in [2.75, 3.05) is 5.73 Å². The number of amides is 1. The maximum Gasteiger partial charge on any atom is 0.420 e. The largest absolute Gasteiger partial charge is 0.420 e. The van der Waals surface area contributed by atoms with E-state index in [-0.39, 0.29) is 18.0 Å². The molecule has 0 radical (unpaired) electrons. The molecule has 0 aliphatic heterocycles. The van der Waals surface area contributed by atoms with Crippen molar-refractivity contribution in [1.29, 1.82) is 0 Å². The van der Waals surface area contributed by atoms with Crippen LogP contribution in [0.2, 0.25) is 0 Å². The van der Waals surface area contributed by atoms with Gasteiger partial charge >= 0.3 is 5.76 Å². The van der Waals surface area contributed by atoms with E-state index in [4.69, 9.17) is 10.2 Å². The number of nitrogens with one attached hydrogen (secondary N) is 1. The second-order valence-corrected chi connectivity index (χ2v) is 5.48. The van der Waals surface area contributed by atoms with Crippen LogP contribution in [0.1, 0.15) is 20.8 Å². The number of aromatic nitrogens is 1. The van der Waals surface area contributed by atoms with Crippen LogP contribution in [0, 0.1) is 0 Å². The Morgan fingerprint density at radius 3 is 2.74 bits per heavy atom. The molecule has 0 aliphatic rings. The highest BCUT2D eigenvalue weighted by atomic mass is 16.4. The molecule has 0 saturated heterocycles. The Balaban J connectivity index is 2.35. The van der Waals surface area contributed by atoms with Crippen LogP contribution in [-0.2, 0) is 11.3 Å². The average Bonchev–Trinajstić information content (AvgIpc) is 2.53. The number of nitrogen functional groups attached to an aromatic ring is 1. The number of fused-ring (bicyclic) bond motifs is 1. The van der Waals surface area contributed by atoms with Gasteiger partial charge in [-0.2, -0.15) is 0 Å². The highest BCUT2D eigenvalue weighted by Crippen LogP contribution is 2.16. The van der Waals surface area contributed by atoms with Gasteiger partial charge in [-0.3, -0.25) is 9.36 Å². The molecule has 102 valence electrons. The quantitative estimate of drug-likeness (QED) is 0.794. The van der Waals surface area contributed by atoms with E-state index in [1.165, 1.54) is 4.57 Å². The summed E-state index contributed by atoms with van der Waals surface area (Å²) in [6, 6.07) is 4.87. The van der Waals surface area contributed by atoms with Crippen molar-refractivity contribution in [3.8, 4) is 0 Å². The molecule has 0 spiro atoms. The van der Waals surface area contributed by atoms with E-state index >= 15 is 0 Å². The van der Waals surface area contributed by atoms with E-state index in [2.05, 4.69) is 5.32 Å². The van der Waals surface area contributed by atoms with Crippen LogP contribution in [-0.4, -0.2) is 16.0 Å².